The van der Waals surface area contributed by atoms with Crippen LogP contribution in [0.2, 0.25) is 5.02 Å². The highest BCUT2D eigenvalue weighted by Crippen LogP contribution is 2.38. The summed E-state index contributed by atoms with van der Waals surface area (Å²) in [6.07, 6.45) is 4.08. The predicted molar refractivity (Wildman–Crippen MR) is 155 cm³/mol. The average molecular weight is 626 g/mol. The van der Waals surface area contributed by atoms with E-state index in [1.165, 1.54) is 6.08 Å². The van der Waals surface area contributed by atoms with Gasteiger partial charge < -0.3 is 19.8 Å². The van der Waals surface area contributed by atoms with Crippen LogP contribution in [0.15, 0.2) is 72.4 Å². The normalized spacial score (nSPS) is 11.2. The molecule has 1 amide bonds. The molecule has 8 heteroatoms. The van der Waals surface area contributed by atoms with Crippen LogP contribution in [0.4, 0.5) is 0 Å². The van der Waals surface area contributed by atoms with Crippen LogP contribution in [0.25, 0.3) is 17.0 Å². The van der Waals surface area contributed by atoms with Gasteiger partial charge in [0.15, 0.2) is 11.5 Å². The molecule has 0 atom stereocenters. The summed E-state index contributed by atoms with van der Waals surface area (Å²) < 4.78 is 12.9. The maximum absolute atomic E-state index is 12.7. The Morgan fingerprint density at radius 2 is 1.95 bits per heavy atom. The molecule has 37 heavy (non-hydrogen) atoms. The van der Waals surface area contributed by atoms with Crippen molar-refractivity contribution in [1.82, 2.24) is 10.3 Å². The van der Waals surface area contributed by atoms with Crippen molar-refractivity contribution in [2.24, 2.45) is 0 Å². The molecule has 6 nitrogen and oxygen atoms in total. The lowest BCUT2D eigenvalue weighted by atomic mass is 10.1. The standard InChI is InChI=1S/C29H25ClIN3O3/c1-2-36-27-15-20(14-25(30)28(27)37-18-19-7-9-23(31)10-8-19)13-22(16-32)29(35)33-12-11-21-17-34-26-6-4-3-5-24(21)26/h3-10,13-15,17,34H,2,11-12,18H2,1H3,(H,33,35)/b22-13-. The third kappa shape index (κ3) is 6.85. The lowest BCUT2D eigenvalue weighted by Gasteiger charge is -2.15. The fraction of sp³-hybridized carbons (Fsp3) is 0.172. The number of aromatic amines is 1. The summed E-state index contributed by atoms with van der Waals surface area (Å²) in [7, 11) is 0. The first-order chi connectivity index (χ1) is 18.0. The predicted octanol–water partition coefficient (Wildman–Crippen LogP) is 6.67. The number of ether oxygens (including phenoxy) is 2. The number of nitrogens with one attached hydrogen (secondary N) is 2. The molecule has 1 aromatic heterocycles. The van der Waals surface area contributed by atoms with Gasteiger partial charge in [-0.3, -0.25) is 4.79 Å². The first kappa shape index (κ1) is 26.6. The highest BCUT2D eigenvalue weighted by molar-refractivity contribution is 14.1. The van der Waals surface area contributed by atoms with Crippen LogP contribution in [-0.2, 0) is 17.8 Å². The monoisotopic (exact) mass is 625 g/mol. The number of carbonyl (C=O) groups is 1. The summed E-state index contributed by atoms with van der Waals surface area (Å²) in [5.74, 6) is 0.417. The molecule has 4 rings (SSSR count). The van der Waals surface area contributed by atoms with E-state index in [2.05, 4.69) is 32.9 Å². The van der Waals surface area contributed by atoms with E-state index >= 15 is 0 Å². The molecule has 0 spiro atoms. The maximum Gasteiger partial charge on any atom is 0.261 e. The van der Waals surface area contributed by atoms with E-state index in [-0.39, 0.29) is 5.57 Å². The first-order valence-electron chi connectivity index (χ1n) is 11.8. The van der Waals surface area contributed by atoms with Crippen LogP contribution in [0, 0.1) is 14.9 Å². The highest BCUT2D eigenvalue weighted by atomic mass is 127. The van der Waals surface area contributed by atoms with Gasteiger partial charge in [-0.05, 0) is 89.0 Å². The van der Waals surface area contributed by atoms with Gasteiger partial charge >= 0.3 is 0 Å². The van der Waals surface area contributed by atoms with Crippen molar-refractivity contribution in [2.75, 3.05) is 13.2 Å². The molecular weight excluding hydrogens is 601 g/mol. The molecule has 3 aromatic carbocycles. The molecule has 0 aliphatic carbocycles. The fourth-order valence-electron chi connectivity index (χ4n) is 3.87. The number of nitriles is 1. The topological polar surface area (TPSA) is 87.1 Å². The van der Waals surface area contributed by atoms with Gasteiger partial charge in [-0.25, -0.2) is 0 Å². The first-order valence-corrected chi connectivity index (χ1v) is 13.2. The van der Waals surface area contributed by atoms with E-state index in [1.807, 2.05) is 67.7 Å². The lowest BCUT2D eigenvalue weighted by Crippen LogP contribution is -2.26. The molecule has 188 valence electrons. The van der Waals surface area contributed by atoms with E-state index in [0.29, 0.717) is 48.3 Å². The number of rotatable bonds is 10. The van der Waals surface area contributed by atoms with Crippen LogP contribution in [0.1, 0.15) is 23.6 Å². The molecule has 0 radical (unpaired) electrons. The van der Waals surface area contributed by atoms with Gasteiger partial charge in [-0.2, -0.15) is 5.26 Å². The number of carbonyl (C=O) groups excluding carboxylic acids is 1. The number of fused-ring (bicyclic) bond motifs is 1. The lowest BCUT2D eigenvalue weighted by molar-refractivity contribution is -0.117. The number of benzene rings is 3. The minimum Gasteiger partial charge on any atom is -0.490 e. The smallest absolute Gasteiger partial charge is 0.261 e. The van der Waals surface area contributed by atoms with Crippen molar-refractivity contribution in [3.63, 3.8) is 0 Å². The summed E-state index contributed by atoms with van der Waals surface area (Å²) in [6.45, 7) is 2.99. The Labute approximate surface area is 234 Å². The van der Waals surface area contributed by atoms with Crippen molar-refractivity contribution in [2.45, 2.75) is 20.0 Å². The number of H-pyrrole nitrogens is 1. The van der Waals surface area contributed by atoms with Crippen LogP contribution < -0.4 is 14.8 Å². The average Bonchev–Trinajstić information content (AvgIpc) is 3.31. The molecular formula is C29H25ClIN3O3. The Kier molecular flexibility index (Phi) is 9.09. The third-order valence-electron chi connectivity index (χ3n) is 5.66. The van der Waals surface area contributed by atoms with E-state index in [1.54, 1.807) is 12.1 Å². The number of halogens is 2. The quantitative estimate of drug-likeness (QED) is 0.117. The van der Waals surface area contributed by atoms with Gasteiger partial charge in [0.05, 0.1) is 11.6 Å². The van der Waals surface area contributed by atoms with Crippen molar-refractivity contribution >= 4 is 57.1 Å². The molecule has 0 aliphatic rings. The zero-order chi connectivity index (χ0) is 26.2. The van der Waals surface area contributed by atoms with Crippen LogP contribution in [-0.4, -0.2) is 24.0 Å². The van der Waals surface area contributed by atoms with E-state index < -0.39 is 5.91 Å². The number of aromatic nitrogens is 1. The SMILES string of the molecule is CCOc1cc(/C=C(/C#N)C(=O)NCCc2c[nH]c3ccccc23)cc(Cl)c1OCc1ccc(I)cc1. The Hall–Kier alpha value is -3.48. The van der Waals surface area contributed by atoms with Crippen LogP contribution in [0.3, 0.4) is 0 Å². The zero-order valence-electron chi connectivity index (χ0n) is 20.2. The Morgan fingerprint density at radius 3 is 2.70 bits per heavy atom. The molecule has 0 unspecified atom stereocenters. The number of amides is 1. The number of para-hydroxylation sites is 1. The van der Waals surface area contributed by atoms with Crippen molar-refractivity contribution in [3.8, 4) is 17.6 Å². The maximum atomic E-state index is 12.7. The molecule has 4 aromatic rings. The van der Waals surface area contributed by atoms with Crippen molar-refractivity contribution < 1.29 is 14.3 Å². The molecule has 0 saturated carbocycles. The van der Waals surface area contributed by atoms with Gasteiger partial charge in [0, 0.05) is 27.2 Å². The number of nitrogens with zero attached hydrogens (tertiary/aromatic N) is 1. The summed E-state index contributed by atoms with van der Waals surface area (Å²) in [5.41, 5.74) is 3.70. The Morgan fingerprint density at radius 1 is 1.16 bits per heavy atom. The summed E-state index contributed by atoms with van der Waals surface area (Å²) in [4.78, 5) is 15.9. The summed E-state index contributed by atoms with van der Waals surface area (Å²) in [6, 6.07) is 21.4. The highest BCUT2D eigenvalue weighted by Gasteiger charge is 2.15. The second kappa shape index (κ2) is 12.7. The Balaban J connectivity index is 1.45. The van der Waals surface area contributed by atoms with Gasteiger partial charge in [-0.15, -0.1) is 0 Å². The molecule has 0 bridgehead atoms. The zero-order valence-corrected chi connectivity index (χ0v) is 23.1. The molecule has 0 saturated heterocycles. The fourth-order valence-corrected chi connectivity index (χ4v) is 4.50. The van der Waals surface area contributed by atoms with Gasteiger partial charge in [0.1, 0.15) is 18.2 Å². The Bertz CT molecular complexity index is 1470. The number of hydrogen-bond donors (Lipinski definition) is 2. The summed E-state index contributed by atoms with van der Waals surface area (Å²) >= 11 is 8.79. The van der Waals surface area contributed by atoms with E-state index in [0.717, 1.165) is 25.6 Å². The van der Waals surface area contributed by atoms with Crippen LogP contribution >= 0.6 is 34.2 Å². The second-order valence-corrected chi connectivity index (χ2v) is 9.87. The largest absolute Gasteiger partial charge is 0.490 e. The minimum atomic E-state index is -0.449. The number of hydrogen-bond acceptors (Lipinski definition) is 4. The van der Waals surface area contributed by atoms with Crippen LogP contribution in [0.5, 0.6) is 11.5 Å². The molecule has 0 fully saturated rings. The van der Waals surface area contributed by atoms with Crippen molar-refractivity contribution in [3.05, 3.63) is 97.7 Å². The van der Waals surface area contributed by atoms with E-state index in [9.17, 15) is 10.1 Å². The molecule has 1 heterocycles. The minimum absolute atomic E-state index is 0.0231. The van der Waals surface area contributed by atoms with Gasteiger partial charge in [0.2, 0.25) is 0 Å². The third-order valence-corrected chi connectivity index (χ3v) is 6.66. The van der Waals surface area contributed by atoms with Crippen molar-refractivity contribution in [1.29, 1.82) is 5.26 Å². The van der Waals surface area contributed by atoms with Gasteiger partial charge in [0.25, 0.3) is 5.91 Å². The molecule has 2 N–H and O–H groups in total. The second-order valence-electron chi connectivity index (χ2n) is 8.21. The van der Waals surface area contributed by atoms with E-state index in [4.69, 9.17) is 21.1 Å². The van der Waals surface area contributed by atoms with Gasteiger partial charge in [-0.1, -0.05) is 41.9 Å². The summed E-state index contributed by atoms with van der Waals surface area (Å²) in [5, 5.41) is 13.9. The molecule has 0 aliphatic heterocycles.